The molecule has 47 heavy (non-hydrogen) atoms. The minimum atomic E-state index is 0.885. The molecule has 0 bridgehead atoms. The van der Waals surface area contributed by atoms with E-state index in [2.05, 4.69) is 112 Å². The summed E-state index contributed by atoms with van der Waals surface area (Å²) in [6, 6.07) is 27.6. The van der Waals surface area contributed by atoms with Crippen LogP contribution < -0.4 is 0 Å². The Kier molecular flexibility index (Phi) is 9.29. The van der Waals surface area contributed by atoms with Crippen molar-refractivity contribution in [2.45, 2.75) is 92.5 Å². The van der Waals surface area contributed by atoms with Crippen LogP contribution in [0.4, 0.5) is 0 Å². The van der Waals surface area contributed by atoms with Crippen LogP contribution in [-0.4, -0.2) is 14.5 Å². The molecule has 4 aromatic heterocycles. The molecule has 0 aliphatic heterocycles. The first-order chi connectivity index (χ1) is 23.0. The number of benzene rings is 3. The molecule has 0 unspecified atom stereocenters. The fraction of sp³-hybridized carbons (Fsp3) is 0.333. The molecule has 0 fully saturated rings. The van der Waals surface area contributed by atoms with E-state index in [1.807, 2.05) is 22.7 Å². The second-order valence-electron chi connectivity index (χ2n) is 12.9. The Bertz CT molecular complexity index is 2200. The minimum absolute atomic E-state index is 0.885. The molecule has 0 saturated heterocycles. The molecular weight excluding hydrogens is 611 g/mol. The summed E-state index contributed by atoms with van der Waals surface area (Å²) < 4.78 is 2.58. The zero-order chi connectivity index (χ0) is 32.5. The van der Waals surface area contributed by atoms with Gasteiger partial charge < -0.3 is 4.57 Å². The summed E-state index contributed by atoms with van der Waals surface area (Å²) in [6.45, 7) is 12.1. The van der Waals surface area contributed by atoms with Crippen molar-refractivity contribution in [3.8, 4) is 31.3 Å². The number of nitrogens with zero attached hydrogens (tertiary/aromatic N) is 3. The van der Waals surface area contributed by atoms with E-state index in [0.717, 1.165) is 41.8 Å². The lowest BCUT2D eigenvalue weighted by molar-refractivity contribution is 0.571. The standard InChI is InChI=1S/C42H45N3S2/c1-6-9-10-11-12-13-24-45-36-25-27(4)14-17-30(36)31-18-16-29(26-37(31)45)38-22-23-40(47-38)33-20-19-32(39-21-15-28(5)46-39)41-42(33)44-35(8-3)34(7-2)43-41/h14-23,25-26H,6-13,24H2,1-5H3. The highest BCUT2D eigenvalue weighted by Gasteiger charge is 2.18. The third-order valence-corrected chi connectivity index (χ3v) is 11.8. The second-order valence-corrected chi connectivity index (χ2v) is 15.3. The van der Waals surface area contributed by atoms with Crippen LogP contribution in [0.5, 0.6) is 0 Å². The maximum absolute atomic E-state index is 5.30. The summed E-state index contributed by atoms with van der Waals surface area (Å²) in [7, 11) is 0. The number of thiophene rings is 2. The average Bonchev–Trinajstić information content (AvgIpc) is 3.82. The van der Waals surface area contributed by atoms with Gasteiger partial charge in [0.1, 0.15) is 0 Å². The zero-order valence-corrected chi connectivity index (χ0v) is 30.1. The molecule has 0 saturated carbocycles. The van der Waals surface area contributed by atoms with Crippen LogP contribution in [0.3, 0.4) is 0 Å². The topological polar surface area (TPSA) is 30.7 Å². The minimum Gasteiger partial charge on any atom is -0.340 e. The van der Waals surface area contributed by atoms with Crippen LogP contribution in [0, 0.1) is 13.8 Å². The maximum atomic E-state index is 5.30. The van der Waals surface area contributed by atoms with E-state index in [-0.39, 0.29) is 0 Å². The average molecular weight is 656 g/mol. The van der Waals surface area contributed by atoms with E-state index in [1.165, 1.54) is 102 Å². The summed E-state index contributed by atoms with van der Waals surface area (Å²) in [5.41, 5.74) is 11.9. The molecule has 4 heterocycles. The van der Waals surface area contributed by atoms with Crippen molar-refractivity contribution in [2.24, 2.45) is 0 Å². The third kappa shape index (κ3) is 6.16. The van der Waals surface area contributed by atoms with Gasteiger partial charge in [-0.2, -0.15) is 0 Å². The van der Waals surface area contributed by atoms with E-state index >= 15 is 0 Å². The molecular formula is C42H45N3S2. The highest BCUT2D eigenvalue weighted by molar-refractivity contribution is 7.19. The molecule has 0 amide bonds. The van der Waals surface area contributed by atoms with Crippen molar-refractivity contribution in [1.82, 2.24) is 14.5 Å². The zero-order valence-electron chi connectivity index (χ0n) is 28.5. The molecule has 0 aliphatic carbocycles. The predicted molar refractivity (Wildman–Crippen MR) is 206 cm³/mol. The Morgan fingerprint density at radius 3 is 1.83 bits per heavy atom. The van der Waals surface area contributed by atoms with Crippen molar-refractivity contribution in [1.29, 1.82) is 0 Å². The van der Waals surface area contributed by atoms with Gasteiger partial charge in [-0.15, -0.1) is 22.7 Å². The number of rotatable bonds is 12. The largest absolute Gasteiger partial charge is 0.340 e. The van der Waals surface area contributed by atoms with Gasteiger partial charge in [0, 0.05) is 59.0 Å². The number of aromatic nitrogens is 3. The van der Waals surface area contributed by atoms with Gasteiger partial charge in [0.2, 0.25) is 0 Å². The van der Waals surface area contributed by atoms with Crippen molar-refractivity contribution in [3.63, 3.8) is 0 Å². The lowest BCUT2D eigenvalue weighted by Gasteiger charge is -2.12. The number of hydrogen-bond donors (Lipinski definition) is 0. The Hall–Kier alpha value is -3.80. The molecule has 3 nitrogen and oxygen atoms in total. The highest BCUT2D eigenvalue weighted by atomic mass is 32.1. The predicted octanol–water partition coefficient (Wildman–Crippen LogP) is 13.0. The summed E-state index contributed by atoms with van der Waals surface area (Å²) in [5.74, 6) is 0. The van der Waals surface area contributed by atoms with Gasteiger partial charge in [-0.1, -0.05) is 89.3 Å². The van der Waals surface area contributed by atoms with E-state index in [1.54, 1.807) is 0 Å². The summed E-state index contributed by atoms with van der Waals surface area (Å²) >= 11 is 3.69. The summed E-state index contributed by atoms with van der Waals surface area (Å²) in [6.07, 6.45) is 9.62. The lowest BCUT2D eigenvalue weighted by atomic mass is 10.0. The molecule has 0 radical (unpaired) electrons. The Balaban J connectivity index is 1.29. The monoisotopic (exact) mass is 655 g/mol. The van der Waals surface area contributed by atoms with Gasteiger partial charge in [0.25, 0.3) is 0 Å². The number of unbranched alkanes of at least 4 members (excludes halogenated alkanes) is 5. The maximum Gasteiger partial charge on any atom is 0.0983 e. The number of aryl methyl sites for hydroxylation is 5. The molecule has 7 aromatic rings. The van der Waals surface area contributed by atoms with Gasteiger partial charge in [0.05, 0.1) is 22.4 Å². The van der Waals surface area contributed by atoms with Crippen molar-refractivity contribution in [2.75, 3.05) is 0 Å². The Labute approximate surface area is 287 Å². The lowest BCUT2D eigenvalue weighted by Crippen LogP contribution is -2.02. The third-order valence-electron chi connectivity index (χ3n) is 9.57. The first-order valence-electron chi connectivity index (χ1n) is 17.5. The van der Waals surface area contributed by atoms with Crippen molar-refractivity contribution in [3.05, 3.63) is 94.6 Å². The first kappa shape index (κ1) is 31.8. The van der Waals surface area contributed by atoms with Crippen molar-refractivity contribution < 1.29 is 0 Å². The van der Waals surface area contributed by atoms with Gasteiger partial charge in [-0.05, 0) is 80.6 Å². The van der Waals surface area contributed by atoms with Crippen molar-refractivity contribution >= 4 is 55.5 Å². The van der Waals surface area contributed by atoms with E-state index in [4.69, 9.17) is 9.97 Å². The molecule has 5 heteroatoms. The molecule has 0 N–H and O–H groups in total. The van der Waals surface area contributed by atoms with Gasteiger partial charge >= 0.3 is 0 Å². The fourth-order valence-electron chi connectivity index (χ4n) is 7.04. The number of hydrogen-bond acceptors (Lipinski definition) is 4. The normalized spacial score (nSPS) is 11.9. The second kappa shape index (κ2) is 13.7. The van der Waals surface area contributed by atoms with Gasteiger partial charge in [-0.3, -0.25) is 0 Å². The highest BCUT2D eigenvalue weighted by Crippen LogP contribution is 2.42. The SMILES string of the molecule is CCCCCCCCn1c2cc(C)ccc2c2ccc(-c3ccc(-c4ccc(-c5ccc(C)s5)c5nc(CC)c(CC)nc45)s3)cc21. The first-order valence-corrected chi connectivity index (χ1v) is 19.1. The van der Waals surface area contributed by atoms with Gasteiger partial charge in [-0.25, -0.2) is 9.97 Å². The molecule has 7 rings (SSSR count). The summed E-state index contributed by atoms with van der Waals surface area (Å²) in [5, 5.41) is 2.71. The van der Waals surface area contributed by atoms with Gasteiger partial charge in [0.15, 0.2) is 0 Å². The quantitative estimate of drug-likeness (QED) is 0.123. The smallest absolute Gasteiger partial charge is 0.0983 e. The van der Waals surface area contributed by atoms with Crippen LogP contribution in [0.1, 0.15) is 81.1 Å². The molecule has 240 valence electrons. The Morgan fingerprint density at radius 1 is 0.574 bits per heavy atom. The summed E-state index contributed by atoms with van der Waals surface area (Å²) in [4.78, 5) is 15.7. The van der Waals surface area contributed by atoms with Crippen LogP contribution in [-0.2, 0) is 19.4 Å². The molecule has 0 spiro atoms. The Morgan fingerprint density at radius 2 is 1.17 bits per heavy atom. The van der Waals surface area contributed by atoms with Crippen LogP contribution >= 0.6 is 22.7 Å². The molecule has 0 atom stereocenters. The van der Waals surface area contributed by atoms with Crippen LogP contribution in [0.25, 0.3) is 64.2 Å². The molecule has 0 aliphatic rings. The fourth-order valence-corrected chi connectivity index (χ4v) is 8.96. The van der Waals surface area contributed by atoms with E-state index < -0.39 is 0 Å². The van der Waals surface area contributed by atoms with E-state index in [9.17, 15) is 0 Å². The molecule has 3 aromatic carbocycles. The van der Waals surface area contributed by atoms with E-state index in [0.29, 0.717) is 0 Å². The van der Waals surface area contributed by atoms with Crippen LogP contribution in [0.2, 0.25) is 0 Å². The van der Waals surface area contributed by atoms with Crippen LogP contribution in [0.15, 0.2) is 72.8 Å². The number of fused-ring (bicyclic) bond motifs is 4.